The molecule has 1 atom stereocenters. The zero-order valence-electron chi connectivity index (χ0n) is 14.7. The first-order valence-corrected chi connectivity index (χ1v) is 8.17. The second kappa shape index (κ2) is 6.38. The van der Waals surface area contributed by atoms with E-state index in [1.54, 1.807) is 4.52 Å². The third-order valence-corrected chi connectivity index (χ3v) is 4.02. The average Bonchev–Trinajstić information content (AvgIpc) is 2.96. The van der Waals surface area contributed by atoms with E-state index >= 15 is 0 Å². The Labute approximate surface area is 145 Å². The Balaban J connectivity index is 1.79. The molecule has 1 unspecified atom stereocenters. The molecule has 0 radical (unpaired) electrons. The molecule has 132 valence electrons. The third kappa shape index (κ3) is 3.60. The Kier molecular flexibility index (Phi) is 4.41. The van der Waals surface area contributed by atoms with Gasteiger partial charge in [0.05, 0.1) is 0 Å². The summed E-state index contributed by atoms with van der Waals surface area (Å²) in [5, 5.41) is 16.1. The van der Waals surface area contributed by atoms with Crippen LogP contribution in [0.3, 0.4) is 0 Å². The van der Waals surface area contributed by atoms with Crippen molar-refractivity contribution < 1.29 is 8.78 Å². The molecule has 5 nitrogen and oxygen atoms in total. The predicted molar refractivity (Wildman–Crippen MR) is 92.7 cm³/mol. The van der Waals surface area contributed by atoms with Crippen LogP contribution < -0.4 is 5.32 Å². The molecule has 0 aliphatic rings. The van der Waals surface area contributed by atoms with Crippen LogP contribution in [0.2, 0.25) is 0 Å². The molecule has 2 heterocycles. The van der Waals surface area contributed by atoms with Gasteiger partial charge in [-0.25, -0.2) is 8.78 Å². The second-order valence-electron chi connectivity index (χ2n) is 7.21. The van der Waals surface area contributed by atoms with Gasteiger partial charge in [-0.1, -0.05) is 33.8 Å². The number of hydrogen-bond acceptors (Lipinski definition) is 4. The number of hydrogen-bond donors (Lipinski definition) is 1. The summed E-state index contributed by atoms with van der Waals surface area (Å²) < 4.78 is 28.6. The molecule has 0 amide bonds. The lowest BCUT2D eigenvalue weighted by molar-refractivity contribution is 0.527. The largest absolute Gasteiger partial charge is 0.368 e. The van der Waals surface area contributed by atoms with Crippen molar-refractivity contribution in [2.24, 2.45) is 0 Å². The summed E-state index contributed by atoms with van der Waals surface area (Å²) in [6.07, 6.45) is 0. The Bertz CT molecular complexity index is 898. The molecule has 1 N–H and O–H groups in total. The van der Waals surface area contributed by atoms with Gasteiger partial charge in [-0.2, -0.15) is 4.52 Å². The summed E-state index contributed by atoms with van der Waals surface area (Å²) in [7, 11) is 0. The Morgan fingerprint density at radius 2 is 1.88 bits per heavy atom. The van der Waals surface area contributed by atoms with Gasteiger partial charge in [0, 0.05) is 23.9 Å². The minimum Gasteiger partial charge on any atom is -0.368 e. The fraction of sp³-hybridized carbons (Fsp3) is 0.389. The van der Waals surface area contributed by atoms with Crippen LogP contribution in [-0.2, 0) is 5.41 Å². The quantitative estimate of drug-likeness (QED) is 0.779. The molecule has 25 heavy (non-hydrogen) atoms. The molecule has 0 aliphatic carbocycles. The Morgan fingerprint density at radius 3 is 2.56 bits per heavy atom. The number of halogens is 2. The molecular weight excluding hydrogens is 324 g/mol. The summed E-state index contributed by atoms with van der Waals surface area (Å²) in [6, 6.07) is 7.30. The van der Waals surface area contributed by atoms with E-state index in [9.17, 15) is 8.78 Å². The van der Waals surface area contributed by atoms with Gasteiger partial charge in [0.15, 0.2) is 11.5 Å². The molecule has 0 bridgehead atoms. The standard InChI is InChI=1S/C18H21F2N5/c1-11(13-6-5-12(19)9-14(13)20)10-21-15-7-8-16-22-23-17(18(2,3)4)25(16)24-15/h5-9,11H,10H2,1-4H3,(H,21,24). The number of benzene rings is 1. The fourth-order valence-electron chi connectivity index (χ4n) is 2.62. The van der Waals surface area contributed by atoms with Crippen LogP contribution >= 0.6 is 0 Å². The molecule has 1 aromatic carbocycles. The van der Waals surface area contributed by atoms with E-state index < -0.39 is 11.6 Å². The van der Waals surface area contributed by atoms with E-state index in [0.717, 1.165) is 11.9 Å². The van der Waals surface area contributed by atoms with Gasteiger partial charge < -0.3 is 5.32 Å². The van der Waals surface area contributed by atoms with Crippen LogP contribution in [0.4, 0.5) is 14.6 Å². The van der Waals surface area contributed by atoms with Gasteiger partial charge >= 0.3 is 0 Å². The van der Waals surface area contributed by atoms with Crippen molar-refractivity contribution in [3.05, 3.63) is 53.4 Å². The maximum absolute atomic E-state index is 13.9. The smallest absolute Gasteiger partial charge is 0.178 e. The molecule has 3 rings (SSSR count). The summed E-state index contributed by atoms with van der Waals surface area (Å²) in [5.74, 6) is 0.166. The number of nitrogens with one attached hydrogen (secondary N) is 1. The van der Waals surface area contributed by atoms with Gasteiger partial charge in [-0.05, 0) is 23.8 Å². The van der Waals surface area contributed by atoms with Crippen LogP contribution in [0, 0.1) is 11.6 Å². The first-order valence-electron chi connectivity index (χ1n) is 8.17. The summed E-state index contributed by atoms with van der Waals surface area (Å²) >= 11 is 0. The lowest BCUT2D eigenvalue weighted by Crippen LogP contribution is -2.18. The number of rotatable bonds is 4. The number of anilines is 1. The zero-order chi connectivity index (χ0) is 18.2. The molecule has 0 fully saturated rings. The van der Waals surface area contributed by atoms with Gasteiger partial charge in [-0.3, -0.25) is 0 Å². The average molecular weight is 345 g/mol. The van der Waals surface area contributed by atoms with Crippen molar-refractivity contribution in [3.8, 4) is 0 Å². The second-order valence-corrected chi connectivity index (χ2v) is 7.21. The van der Waals surface area contributed by atoms with Crippen molar-refractivity contribution >= 4 is 11.5 Å². The summed E-state index contributed by atoms with van der Waals surface area (Å²) in [6.45, 7) is 8.48. The molecule has 0 saturated heterocycles. The van der Waals surface area contributed by atoms with Gasteiger partial charge in [0.25, 0.3) is 0 Å². The number of fused-ring (bicyclic) bond motifs is 1. The van der Waals surface area contributed by atoms with Crippen LogP contribution in [0.1, 0.15) is 45.0 Å². The minimum atomic E-state index is -0.573. The van der Waals surface area contributed by atoms with Crippen molar-refractivity contribution in [2.45, 2.75) is 39.0 Å². The molecule has 7 heteroatoms. The van der Waals surface area contributed by atoms with Crippen LogP contribution in [0.5, 0.6) is 0 Å². The lowest BCUT2D eigenvalue weighted by atomic mass is 9.96. The first-order chi connectivity index (χ1) is 11.8. The highest BCUT2D eigenvalue weighted by molar-refractivity contribution is 5.44. The minimum absolute atomic E-state index is 0.138. The maximum atomic E-state index is 13.9. The predicted octanol–water partition coefficient (Wildman–Crippen LogP) is 3.92. The van der Waals surface area contributed by atoms with E-state index in [1.807, 2.05) is 39.8 Å². The van der Waals surface area contributed by atoms with Gasteiger partial charge in [-0.15, -0.1) is 15.3 Å². The molecule has 2 aromatic heterocycles. The van der Waals surface area contributed by atoms with E-state index in [0.29, 0.717) is 23.6 Å². The van der Waals surface area contributed by atoms with E-state index in [-0.39, 0.29) is 11.3 Å². The van der Waals surface area contributed by atoms with Crippen LogP contribution in [-0.4, -0.2) is 26.4 Å². The first kappa shape index (κ1) is 17.3. The van der Waals surface area contributed by atoms with Crippen LogP contribution in [0.15, 0.2) is 30.3 Å². The highest BCUT2D eigenvalue weighted by Crippen LogP contribution is 2.22. The molecular formula is C18H21F2N5. The summed E-state index contributed by atoms with van der Waals surface area (Å²) in [5.41, 5.74) is 0.956. The van der Waals surface area contributed by atoms with Crippen molar-refractivity contribution in [1.29, 1.82) is 0 Å². The van der Waals surface area contributed by atoms with E-state index in [2.05, 4.69) is 20.6 Å². The molecule has 0 aliphatic heterocycles. The van der Waals surface area contributed by atoms with Crippen LogP contribution in [0.25, 0.3) is 5.65 Å². The number of nitrogens with zero attached hydrogens (tertiary/aromatic N) is 4. The maximum Gasteiger partial charge on any atom is 0.178 e. The van der Waals surface area contributed by atoms with Gasteiger partial charge in [0.1, 0.15) is 17.5 Å². The van der Waals surface area contributed by atoms with E-state index in [1.165, 1.54) is 12.1 Å². The normalized spacial score (nSPS) is 13.2. The van der Waals surface area contributed by atoms with E-state index in [4.69, 9.17) is 0 Å². The molecule has 0 saturated carbocycles. The molecule has 0 spiro atoms. The Hall–Kier alpha value is -2.57. The third-order valence-electron chi connectivity index (χ3n) is 4.02. The Morgan fingerprint density at radius 1 is 1.12 bits per heavy atom. The zero-order valence-corrected chi connectivity index (χ0v) is 14.7. The lowest BCUT2D eigenvalue weighted by Gasteiger charge is -2.16. The van der Waals surface area contributed by atoms with Crippen molar-refractivity contribution in [1.82, 2.24) is 19.8 Å². The highest BCUT2D eigenvalue weighted by Gasteiger charge is 2.22. The monoisotopic (exact) mass is 345 g/mol. The summed E-state index contributed by atoms with van der Waals surface area (Å²) in [4.78, 5) is 0. The van der Waals surface area contributed by atoms with Gasteiger partial charge in [0.2, 0.25) is 0 Å². The molecule has 3 aromatic rings. The highest BCUT2D eigenvalue weighted by atomic mass is 19.1. The number of aromatic nitrogens is 4. The van der Waals surface area contributed by atoms with Crippen molar-refractivity contribution in [3.63, 3.8) is 0 Å². The topological polar surface area (TPSA) is 55.1 Å². The SMILES string of the molecule is CC(CNc1ccc2nnc(C(C)(C)C)n2n1)c1ccc(F)cc1F. The van der Waals surface area contributed by atoms with Crippen molar-refractivity contribution in [2.75, 3.05) is 11.9 Å². The fourth-order valence-corrected chi connectivity index (χ4v) is 2.62.